The van der Waals surface area contributed by atoms with Crippen LogP contribution in [0.2, 0.25) is 0 Å². The predicted octanol–water partition coefficient (Wildman–Crippen LogP) is 0.237. The van der Waals surface area contributed by atoms with Crippen molar-refractivity contribution in [3.05, 3.63) is 35.4 Å². The van der Waals surface area contributed by atoms with Crippen LogP contribution in [0.4, 0.5) is 0 Å². The van der Waals surface area contributed by atoms with Gasteiger partial charge in [0.25, 0.3) is 5.91 Å². The van der Waals surface area contributed by atoms with Crippen molar-refractivity contribution in [1.82, 2.24) is 15.5 Å². The summed E-state index contributed by atoms with van der Waals surface area (Å²) >= 11 is 0. The van der Waals surface area contributed by atoms with Gasteiger partial charge in [-0.05, 0) is 33.2 Å². The third-order valence-corrected chi connectivity index (χ3v) is 2.86. The van der Waals surface area contributed by atoms with Gasteiger partial charge in [0.15, 0.2) is 0 Å². The molecule has 5 nitrogen and oxygen atoms in total. The number of aliphatic hydroxyl groups is 1. The molecule has 0 aliphatic carbocycles. The normalized spacial score (nSPS) is 12.4. The molecule has 0 radical (unpaired) electrons. The van der Waals surface area contributed by atoms with E-state index in [2.05, 4.69) is 10.6 Å². The first-order valence-corrected chi connectivity index (χ1v) is 6.87. The molecule has 112 valence electrons. The van der Waals surface area contributed by atoms with Crippen molar-refractivity contribution < 1.29 is 9.90 Å². The molecular weight excluding hydrogens is 254 g/mol. The zero-order chi connectivity index (χ0) is 15.0. The minimum atomic E-state index is -0.391. The summed E-state index contributed by atoms with van der Waals surface area (Å²) in [7, 11) is 3.84. The van der Waals surface area contributed by atoms with Crippen LogP contribution in [-0.2, 0) is 0 Å². The fourth-order valence-corrected chi connectivity index (χ4v) is 1.83. The number of rotatable bonds is 8. The van der Waals surface area contributed by atoms with Crippen molar-refractivity contribution in [2.45, 2.75) is 13.0 Å². The van der Waals surface area contributed by atoms with E-state index in [0.717, 1.165) is 5.56 Å². The Labute approximate surface area is 121 Å². The summed E-state index contributed by atoms with van der Waals surface area (Å²) in [6.07, 6.45) is -0.391. The third-order valence-electron chi connectivity index (χ3n) is 2.86. The highest BCUT2D eigenvalue weighted by molar-refractivity contribution is 5.94. The molecule has 0 fully saturated rings. The third kappa shape index (κ3) is 6.65. The summed E-state index contributed by atoms with van der Waals surface area (Å²) in [5.41, 5.74) is 1.81. The quantitative estimate of drug-likeness (QED) is 0.596. The van der Waals surface area contributed by atoms with Gasteiger partial charge in [-0.15, -0.1) is 0 Å². The van der Waals surface area contributed by atoms with Crippen LogP contribution in [0.25, 0.3) is 0 Å². The number of aliphatic hydroxyl groups excluding tert-OH is 1. The number of likely N-dealkylation sites (N-methyl/N-ethyl adjacent to an activating group) is 1. The fourth-order valence-electron chi connectivity index (χ4n) is 1.83. The molecule has 1 unspecified atom stereocenters. The van der Waals surface area contributed by atoms with Gasteiger partial charge in [-0.3, -0.25) is 4.79 Å². The van der Waals surface area contributed by atoms with Gasteiger partial charge in [0.1, 0.15) is 0 Å². The smallest absolute Gasteiger partial charge is 0.251 e. The summed E-state index contributed by atoms with van der Waals surface area (Å²) in [6.45, 7) is 4.33. The summed E-state index contributed by atoms with van der Waals surface area (Å²) in [5.74, 6) is -0.0689. The molecule has 0 aliphatic rings. The highest BCUT2D eigenvalue weighted by atomic mass is 16.3. The van der Waals surface area contributed by atoms with Gasteiger partial charge in [0.05, 0.1) is 6.10 Å². The largest absolute Gasteiger partial charge is 0.390 e. The molecule has 0 aromatic heterocycles. The SMILES string of the molecule is Cc1ccc(C(=O)NCCNCC(O)CN(C)C)cc1. The summed E-state index contributed by atoms with van der Waals surface area (Å²) in [5, 5.41) is 15.6. The van der Waals surface area contributed by atoms with E-state index in [4.69, 9.17) is 0 Å². The van der Waals surface area contributed by atoms with E-state index < -0.39 is 6.10 Å². The number of hydrogen-bond donors (Lipinski definition) is 3. The Morgan fingerprint density at radius 2 is 1.90 bits per heavy atom. The molecule has 0 bridgehead atoms. The van der Waals surface area contributed by atoms with Crippen molar-refractivity contribution in [2.24, 2.45) is 0 Å². The van der Waals surface area contributed by atoms with Gasteiger partial charge in [0.2, 0.25) is 0 Å². The standard InChI is InChI=1S/C15H25N3O2/c1-12-4-6-13(7-5-12)15(20)17-9-8-16-10-14(19)11-18(2)3/h4-7,14,16,19H,8-11H2,1-3H3,(H,17,20). The molecular formula is C15H25N3O2. The number of carbonyl (C=O) groups excluding carboxylic acids is 1. The molecule has 0 aliphatic heterocycles. The van der Waals surface area contributed by atoms with Crippen LogP contribution >= 0.6 is 0 Å². The van der Waals surface area contributed by atoms with E-state index in [1.54, 1.807) is 0 Å². The van der Waals surface area contributed by atoms with Crippen molar-refractivity contribution in [1.29, 1.82) is 0 Å². The fraction of sp³-hybridized carbons (Fsp3) is 0.533. The Bertz CT molecular complexity index is 404. The second-order valence-electron chi connectivity index (χ2n) is 5.24. The van der Waals surface area contributed by atoms with Gasteiger partial charge in [0, 0.05) is 31.7 Å². The van der Waals surface area contributed by atoms with Gasteiger partial charge >= 0.3 is 0 Å². The molecule has 1 aromatic carbocycles. The van der Waals surface area contributed by atoms with Crippen molar-refractivity contribution in [2.75, 3.05) is 40.3 Å². The first-order valence-electron chi connectivity index (χ1n) is 6.87. The Kier molecular flexibility index (Phi) is 7.22. The van der Waals surface area contributed by atoms with Crippen LogP contribution in [0.3, 0.4) is 0 Å². The summed E-state index contributed by atoms with van der Waals surface area (Å²) < 4.78 is 0. The lowest BCUT2D eigenvalue weighted by molar-refractivity contribution is 0.0953. The number of carbonyl (C=O) groups is 1. The number of benzene rings is 1. The Morgan fingerprint density at radius 1 is 1.25 bits per heavy atom. The topological polar surface area (TPSA) is 64.6 Å². The minimum Gasteiger partial charge on any atom is -0.390 e. The zero-order valence-corrected chi connectivity index (χ0v) is 12.5. The lowest BCUT2D eigenvalue weighted by Gasteiger charge is -2.16. The second kappa shape index (κ2) is 8.68. The molecule has 0 spiro atoms. The van der Waals surface area contributed by atoms with Gasteiger partial charge in [-0.25, -0.2) is 0 Å². The molecule has 1 atom stereocenters. The molecule has 0 saturated carbocycles. The molecule has 0 saturated heterocycles. The van der Waals surface area contributed by atoms with Crippen molar-refractivity contribution >= 4 is 5.91 Å². The van der Waals surface area contributed by atoms with Crippen LogP contribution in [0.15, 0.2) is 24.3 Å². The second-order valence-corrected chi connectivity index (χ2v) is 5.24. The number of hydrogen-bond acceptors (Lipinski definition) is 4. The Morgan fingerprint density at radius 3 is 2.50 bits per heavy atom. The first-order chi connectivity index (χ1) is 9.49. The minimum absolute atomic E-state index is 0.0689. The Balaban J connectivity index is 2.15. The molecule has 1 aromatic rings. The molecule has 5 heteroatoms. The number of amides is 1. The van der Waals surface area contributed by atoms with E-state index in [1.165, 1.54) is 0 Å². The Hall–Kier alpha value is -1.43. The van der Waals surface area contributed by atoms with E-state index >= 15 is 0 Å². The maximum Gasteiger partial charge on any atom is 0.251 e. The average Bonchev–Trinajstić information content (AvgIpc) is 2.38. The first kappa shape index (κ1) is 16.6. The van der Waals surface area contributed by atoms with Gasteiger partial charge in [-0.2, -0.15) is 0 Å². The van der Waals surface area contributed by atoms with E-state index in [9.17, 15) is 9.90 Å². The van der Waals surface area contributed by atoms with Crippen LogP contribution in [0.5, 0.6) is 0 Å². The average molecular weight is 279 g/mol. The lowest BCUT2D eigenvalue weighted by Crippen LogP contribution is -2.38. The number of aryl methyl sites for hydroxylation is 1. The van der Waals surface area contributed by atoms with Crippen molar-refractivity contribution in [3.63, 3.8) is 0 Å². The number of nitrogens with one attached hydrogen (secondary N) is 2. The molecule has 20 heavy (non-hydrogen) atoms. The van der Waals surface area contributed by atoms with Crippen LogP contribution in [0, 0.1) is 6.92 Å². The van der Waals surface area contributed by atoms with Gasteiger partial charge in [-0.1, -0.05) is 17.7 Å². The maximum absolute atomic E-state index is 11.8. The highest BCUT2D eigenvalue weighted by Gasteiger charge is 2.05. The zero-order valence-electron chi connectivity index (χ0n) is 12.5. The van der Waals surface area contributed by atoms with E-state index in [1.807, 2.05) is 50.2 Å². The molecule has 1 amide bonds. The highest BCUT2D eigenvalue weighted by Crippen LogP contribution is 2.02. The molecule has 0 heterocycles. The van der Waals surface area contributed by atoms with Crippen LogP contribution in [-0.4, -0.2) is 62.3 Å². The monoisotopic (exact) mass is 279 g/mol. The van der Waals surface area contributed by atoms with E-state index in [-0.39, 0.29) is 5.91 Å². The van der Waals surface area contributed by atoms with Crippen LogP contribution in [0.1, 0.15) is 15.9 Å². The lowest BCUT2D eigenvalue weighted by atomic mass is 10.1. The number of nitrogens with zero attached hydrogens (tertiary/aromatic N) is 1. The molecule has 1 rings (SSSR count). The predicted molar refractivity (Wildman–Crippen MR) is 80.9 cm³/mol. The van der Waals surface area contributed by atoms with E-state index in [0.29, 0.717) is 31.7 Å². The molecule has 3 N–H and O–H groups in total. The van der Waals surface area contributed by atoms with Gasteiger partial charge < -0.3 is 20.6 Å². The summed E-state index contributed by atoms with van der Waals surface area (Å²) in [4.78, 5) is 13.7. The van der Waals surface area contributed by atoms with Crippen molar-refractivity contribution in [3.8, 4) is 0 Å². The summed E-state index contributed by atoms with van der Waals surface area (Å²) in [6, 6.07) is 7.48. The van der Waals surface area contributed by atoms with Crippen LogP contribution < -0.4 is 10.6 Å². The maximum atomic E-state index is 11.8.